The van der Waals surface area contributed by atoms with Crippen LogP contribution in [0.5, 0.6) is 5.75 Å². The van der Waals surface area contributed by atoms with Crippen LogP contribution in [0.2, 0.25) is 0 Å². The maximum absolute atomic E-state index is 10.2. The van der Waals surface area contributed by atoms with E-state index in [1.807, 2.05) is 36.4 Å². The first-order chi connectivity index (χ1) is 14.5. The number of hydrogen-bond donors (Lipinski definition) is 5. The van der Waals surface area contributed by atoms with Crippen molar-refractivity contribution in [3.05, 3.63) is 48.2 Å². The lowest BCUT2D eigenvalue weighted by molar-refractivity contribution is -0.214. The van der Waals surface area contributed by atoms with Crippen LogP contribution in [0.3, 0.4) is 0 Å². The molecule has 2 aromatic carbocycles. The zero-order valence-corrected chi connectivity index (χ0v) is 16.2. The van der Waals surface area contributed by atoms with Gasteiger partial charge in [0.25, 0.3) is 0 Å². The first kappa shape index (κ1) is 20.3. The molecule has 4 unspecified atom stereocenters. The van der Waals surface area contributed by atoms with E-state index in [-0.39, 0.29) is 0 Å². The van der Waals surface area contributed by atoms with Gasteiger partial charge in [0, 0.05) is 5.39 Å². The minimum absolute atomic E-state index is 0.501. The molecule has 3 aromatic rings. The van der Waals surface area contributed by atoms with Gasteiger partial charge in [-0.3, -0.25) is 5.10 Å². The molecule has 0 amide bonds. The Morgan fingerprint density at radius 3 is 2.70 bits per heavy atom. The number of ether oxygens (including phenoxy) is 2. The first-order valence-corrected chi connectivity index (χ1v) is 9.45. The van der Waals surface area contributed by atoms with Crippen molar-refractivity contribution in [1.82, 2.24) is 10.2 Å². The maximum atomic E-state index is 10.2. The second-order valence-corrected chi connectivity index (χ2v) is 7.11. The number of H-pyrrole nitrogens is 1. The highest BCUT2D eigenvalue weighted by molar-refractivity contribution is 5.89. The Morgan fingerprint density at radius 1 is 1.10 bits per heavy atom. The summed E-state index contributed by atoms with van der Waals surface area (Å²) >= 11 is 0. The molecule has 30 heavy (non-hydrogen) atoms. The maximum Gasteiger partial charge on any atom is 0.147 e. The summed E-state index contributed by atoms with van der Waals surface area (Å²) in [7, 11) is 1.61. The molecule has 1 aliphatic rings. The van der Waals surface area contributed by atoms with E-state index in [1.54, 1.807) is 13.3 Å². The fraction of sp³-hybridized carbons (Fsp3) is 0.318. The van der Waals surface area contributed by atoms with Gasteiger partial charge in [-0.2, -0.15) is 5.10 Å². The summed E-state index contributed by atoms with van der Waals surface area (Å²) in [5.74, 6) is 6.52. The second kappa shape index (κ2) is 8.44. The van der Waals surface area contributed by atoms with Crippen LogP contribution < -0.4 is 4.74 Å². The van der Waals surface area contributed by atoms with Crippen LogP contribution in [-0.4, -0.2) is 74.9 Å². The van der Waals surface area contributed by atoms with Gasteiger partial charge in [0.1, 0.15) is 36.3 Å². The normalized spacial score (nSPS) is 26.2. The minimum Gasteiger partial charge on any atom is -0.497 e. The van der Waals surface area contributed by atoms with Crippen LogP contribution in [0.25, 0.3) is 22.0 Å². The van der Waals surface area contributed by atoms with Crippen molar-refractivity contribution >= 4 is 10.9 Å². The number of rotatable bonds is 3. The largest absolute Gasteiger partial charge is 0.497 e. The van der Waals surface area contributed by atoms with Crippen molar-refractivity contribution in [2.24, 2.45) is 0 Å². The van der Waals surface area contributed by atoms with Gasteiger partial charge in [-0.05, 0) is 35.4 Å². The number of aromatic nitrogens is 2. The third kappa shape index (κ3) is 3.77. The highest BCUT2D eigenvalue weighted by atomic mass is 16.5. The number of aromatic amines is 1. The molecule has 2 heterocycles. The van der Waals surface area contributed by atoms with Crippen LogP contribution in [-0.2, 0) is 4.74 Å². The lowest BCUT2D eigenvalue weighted by atomic mass is 9.95. The van der Waals surface area contributed by atoms with Gasteiger partial charge in [0.05, 0.1) is 31.0 Å². The fourth-order valence-electron chi connectivity index (χ4n) is 3.50. The van der Waals surface area contributed by atoms with Crippen LogP contribution in [0.1, 0.15) is 5.56 Å². The Bertz CT molecular complexity index is 1100. The Hall–Kier alpha value is -2.93. The molecule has 8 heteroatoms. The van der Waals surface area contributed by atoms with E-state index in [0.29, 0.717) is 5.56 Å². The lowest BCUT2D eigenvalue weighted by Crippen LogP contribution is -2.58. The predicted molar refractivity (Wildman–Crippen MR) is 109 cm³/mol. The SMILES string of the molecule is COc1cccc(-c2cc(C#CC3OC(CO)[C@@H](O)C(O)C3O)c3[nH]ncc3c2)c1. The van der Waals surface area contributed by atoms with Gasteiger partial charge in [-0.25, -0.2) is 0 Å². The monoisotopic (exact) mass is 410 g/mol. The average molecular weight is 410 g/mol. The molecule has 1 saturated heterocycles. The van der Waals surface area contributed by atoms with E-state index in [0.717, 1.165) is 27.8 Å². The average Bonchev–Trinajstić information content (AvgIpc) is 3.26. The summed E-state index contributed by atoms with van der Waals surface area (Å²) < 4.78 is 10.8. The molecular weight excluding hydrogens is 388 g/mol. The second-order valence-electron chi connectivity index (χ2n) is 7.11. The Labute approximate surface area is 172 Å². The van der Waals surface area contributed by atoms with Crippen LogP contribution >= 0.6 is 0 Å². The van der Waals surface area contributed by atoms with Crippen molar-refractivity contribution in [2.45, 2.75) is 30.5 Å². The highest BCUT2D eigenvalue weighted by Crippen LogP contribution is 2.29. The number of fused-ring (bicyclic) bond motifs is 1. The highest BCUT2D eigenvalue weighted by Gasteiger charge is 2.42. The molecule has 156 valence electrons. The minimum atomic E-state index is -1.47. The molecule has 1 fully saturated rings. The van der Waals surface area contributed by atoms with Crippen molar-refractivity contribution in [3.63, 3.8) is 0 Å². The van der Waals surface area contributed by atoms with Gasteiger partial charge in [0.15, 0.2) is 0 Å². The number of benzene rings is 2. The number of aliphatic hydroxyl groups is 4. The fourth-order valence-corrected chi connectivity index (χ4v) is 3.50. The van der Waals surface area contributed by atoms with Gasteiger partial charge < -0.3 is 29.9 Å². The Kier molecular flexibility index (Phi) is 5.72. The third-order valence-electron chi connectivity index (χ3n) is 5.19. The van der Waals surface area contributed by atoms with Gasteiger partial charge >= 0.3 is 0 Å². The van der Waals surface area contributed by atoms with Crippen LogP contribution in [0, 0.1) is 11.8 Å². The standard InChI is InChI=1S/C22H22N2O6/c1-29-16-4-2-3-12(9-16)14-7-13(19-15(8-14)10-23-24-19)5-6-17-20(26)22(28)21(27)18(11-25)30-17/h2-4,7-10,17-18,20-22,25-28H,11H2,1H3,(H,23,24)/t17?,18?,20?,21-,22?/m1/s1. The van der Waals surface area contributed by atoms with Gasteiger partial charge in [0.2, 0.25) is 0 Å². The number of hydrogen-bond acceptors (Lipinski definition) is 7. The van der Waals surface area contributed by atoms with Crippen molar-refractivity contribution in [2.75, 3.05) is 13.7 Å². The Morgan fingerprint density at radius 2 is 1.93 bits per heavy atom. The summed E-state index contributed by atoms with van der Waals surface area (Å²) in [6.07, 6.45) is -4.67. The molecular formula is C22H22N2O6. The van der Waals surface area contributed by atoms with E-state index >= 15 is 0 Å². The van der Waals surface area contributed by atoms with E-state index in [1.165, 1.54) is 0 Å². The third-order valence-corrected chi connectivity index (χ3v) is 5.19. The zero-order valence-electron chi connectivity index (χ0n) is 16.2. The van der Waals surface area contributed by atoms with E-state index in [4.69, 9.17) is 9.47 Å². The molecule has 1 aliphatic heterocycles. The smallest absolute Gasteiger partial charge is 0.147 e. The number of nitrogens with one attached hydrogen (secondary N) is 1. The van der Waals surface area contributed by atoms with E-state index < -0.39 is 37.1 Å². The van der Waals surface area contributed by atoms with Gasteiger partial charge in [-0.15, -0.1) is 0 Å². The molecule has 8 nitrogen and oxygen atoms in total. The van der Waals surface area contributed by atoms with E-state index in [9.17, 15) is 20.4 Å². The van der Waals surface area contributed by atoms with Crippen molar-refractivity contribution in [1.29, 1.82) is 0 Å². The summed E-state index contributed by atoms with van der Waals surface area (Å²) in [6, 6.07) is 11.5. The quantitative estimate of drug-likeness (QED) is 0.396. The Balaban J connectivity index is 1.72. The molecule has 0 bridgehead atoms. The summed E-state index contributed by atoms with van der Waals surface area (Å²) in [5, 5.41) is 47.3. The number of methoxy groups -OCH3 is 1. The number of nitrogens with zero attached hydrogens (tertiary/aromatic N) is 1. The summed E-state index contributed by atoms with van der Waals surface area (Å²) in [5.41, 5.74) is 3.19. The van der Waals surface area contributed by atoms with Crippen molar-refractivity contribution in [3.8, 4) is 28.7 Å². The first-order valence-electron chi connectivity index (χ1n) is 9.45. The topological polar surface area (TPSA) is 128 Å². The molecule has 0 aliphatic carbocycles. The lowest BCUT2D eigenvalue weighted by Gasteiger charge is -2.37. The molecule has 0 spiro atoms. The molecule has 0 saturated carbocycles. The molecule has 1 aromatic heterocycles. The van der Waals surface area contributed by atoms with E-state index in [2.05, 4.69) is 22.0 Å². The van der Waals surface area contributed by atoms with Gasteiger partial charge in [-0.1, -0.05) is 24.0 Å². The molecule has 4 rings (SSSR count). The van der Waals surface area contributed by atoms with Crippen LogP contribution in [0.4, 0.5) is 0 Å². The van der Waals surface area contributed by atoms with Crippen molar-refractivity contribution < 1.29 is 29.9 Å². The summed E-state index contributed by atoms with van der Waals surface area (Å²) in [6.45, 7) is -0.501. The number of aliphatic hydroxyl groups excluding tert-OH is 4. The molecule has 5 N–H and O–H groups in total. The molecule has 5 atom stereocenters. The molecule has 0 radical (unpaired) electrons. The predicted octanol–water partition coefficient (Wildman–Crippen LogP) is 0.432. The summed E-state index contributed by atoms with van der Waals surface area (Å²) in [4.78, 5) is 0. The van der Waals surface area contributed by atoms with Crippen LogP contribution in [0.15, 0.2) is 42.6 Å². The zero-order chi connectivity index (χ0) is 21.3.